The number of halogens is 1. The van der Waals surface area contributed by atoms with Gasteiger partial charge in [0.15, 0.2) is 0 Å². The third-order valence-corrected chi connectivity index (χ3v) is 6.00. The van der Waals surface area contributed by atoms with E-state index in [9.17, 15) is 9.18 Å². The fourth-order valence-corrected chi connectivity index (χ4v) is 4.47. The van der Waals surface area contributed by atoms with E-state index in [-0.39, 0.29) is 23.9 Å². The standard InChI is InChI=1S/C25H21FN4O4/c26-18-9-7-17(8-10-18)21-22(20-11-12-27-24(28-20)34-19-5-2-1-3-6-19)29-15-25(16-30(29)23(21)31)32-13-4-14-33-25/h1-3,5-12H,4,13-16H2. The molecule has 0 saturated carbocycles. The number of benzene rings is 2. The third kappa shape index (κ3) is 3.59. The molecule has 1 saturated heterocycles. The van der Waals surface area contributed by atoms with Crippen LogP contribution in [0, 0.1) is 5.82 Å². The first-order valence-corrected chi connectivity index (χ1v) is 11.1. The number of para-hydroxylation sites is 1. The number of fused-ring (bicyclic) bond motifs is 1. The van der Waals surface area contributed by atoms with Crippen molar-refractivity contribution in [2.24, 2.45) is 0 Å². The zero-order valence-corrected chi connectivity index (χ0v) is 18.2. The molecule has 1 fully saturated rings. The second-order valence-corrected chi connectivity index (χ2v) is 8.25. The lowest BCUT2D eigenvalue weighted by molar-refractivity contribution is -0.267. The number of hydrogen-bond acceptors (Lipinski definition) is 6. The molecule has 0 bridgehead atoms. The van der Waals surface area contributed by atoms with Gasteiger partial charge in [-0.25, -0.2) is 14.1 Å². The summed E-state index contributed by atoms with van der Waals surface area (Å²) < 4.78 is 34.8. The van der Waals surface area contributed by atoms with Gasteiger partial charge < -0.3 is 14.2 Å². The highest BCUT2D eigenvalue weighted by Crippen LogP contribution is 2.36. The molecule has 4 aromatic rings. The average molecular weight is 460 g/mol. The van der Waals surface area contributed by atoms with Crippen molar-refractivity contribution in [1.29, 1.82) is 0 Å². The van der Waals surface area contributed by atoms with Gasteiger partial charge in [-0.05, 0) is 42.3 Å². The molecule has 0 N–H and O–H groups in total. The molecule has 4 heterocycles. The van der Waals surface area contributed by atoms with Crippen molar-refractivity contribution >= 4 is 0 Å². The van der Waals surface area contributed by atoms with Gasteiger partial charge in [-0.1, -0.05) is 30.3 Å². The third-order valence-electron chi connectivity index (χ3n) is 6.00. The SMILES string of the molecule is O=c1c(-c2ccc(F)cc2)c(-c2ccnc(Oc3ccccc3)n2)n2n1CC1(C2)OCCCO1. The summed E-state index contributed by atoms with van der Waals surface area (Å²) in [7, 11) is 0. The smallest absolute Gasteiger partial charge is 0.322 e. The largest absolute Gasteiger partial charge is 0.424 e. The molecule has 0 aliphatic carbocycles. The van der Waals surface area contributed by atoms with Crippen LogP contribution in [0.15, 0.2) is 71.7 Å². The maximum atomic E-state index is 13.6. The summed E-state index contributed by atoms with van der Waals surface area (Å²) in [4.78, 5) is 22.4. The Morgan fingerprint density at radius 1 is 0.941 bits per heavy atom. The molecule has 9 heteroatoms. The van der Waals surface area contributed by atoms with Crippen molar-refractivity contribution in [3.63, 3.8) is 0 Å². The molecular weight excluding hydrogens is 439 g/mol. The van der Waals surface area contributed by atoms with Crippen LogP contribution in [-0.4, -0.2) is 38.3 Å². The van der Waals surface area contributed by atoms with Crippen molar-refractivity contribution in [1.82, 2.24) is 19.3 Å². The maximum Gasteiger partial charge on any atom is 0.322 e. The van der Waals surface area contributed by atoms with Gasteiger partial charge in [0.1, 0.15) is 11.6 Å². The minimum atomic E-state index is -0.885. The summed E-state index contributed by atoms with van der Waals surface area (Å²) >= 11 is 0. The minimum absolute atomic E-state index is 0.152. The first-order valence-electron chi connectivity index (χ1n) is 11.1. The summed E-state index contributed by atoms with van der Waals surface area (Å²) in [6.45, 7) is 1.74. The van der Waals surface area contributed by atoms with Crippen LogP contribution in [0.25, 0.3) is 22.5 Å². The van der Waals surface area contributed by atoms with Gasteiger partial charge >= 0.3 is 6.01 Å². The molecule has 172 valence electrons. The summed E-state index contributed by atoms with van der Waals surface area (Å²) in [5, 5.41) is 0. The summed E-state index contributed by atoms with van der Waals surface area (Å²) in [5.74, 6) is -0.662. The fraction of sp³-hybridized carbons (Fsp3) is 0.240. The zero-order chi connectivity index (χ0) is 23.1. The van der Waals surface area contributed by atoms with Gasteiger partial charge in [0, 0.05) is 6.20 Å². The monoisotopic (exact) mass is 460 g/mol. The topological polar surface area (TPSA) is 80.4 Å². The lowest BCUT2D eigenvalue weighted by Crippen LogP contribution is -2.43. The van der Waals surface area contributed by atoms with Gasteiger partial charge in [0.25, 0.3) is 5.56 Å². The van der Waals surface area contributed by atoms with Crippen molar-refractivity contribution in [2.45, 2.75) is 25.3 Å². The maximum absolute atomic E-state index is 13.6. The Balaban J connectivity index is 1.49. The Bertz CT molecular complexity index is 1390. The molecule has 0 unspecified atom stereocenters. The molecule has 0 radical (unpaired) electrons. The Morgan fingerprint density at radius 2 is 1.68 bits per heavy atom. The van der Waals surface area contributed by atoms with Crippen LogP contribution in [0.3, 0.4) is 0 Å². The molecule has 2 aliphatic heterocycles. The molecule has 2 aromatic heterocycles. The van der Waals surface area contributed by atoms with Crippen LogP contribution < -0.4 is 10.3 Å². The lowest BCUT2D eigenvalue weighted by Gasteiger charge is -2.32. The van der Waals surface area contributed by atoms with Crippen LogP contribution in [0.4, 0.5) is 4.39 Å². The van der Waals surface area contributed by atoms with Crippen LogP contribution in [0.1, 0.15) is 6.42 Å². The number of aromatic nitrogens is 4. The van der Waals surface area contributed by atoms with Crippen LogP contribution in [0.2, 0.25) is 0 Å². The fourth-order valence-electron chi connectivity index (χ4n) is 4.47. The molecule has 34 heavy (non-hydrogen) atoms. The van der Waals surface area contributed by atoms with Crippen LogP contribution in [0.5, 0.6) is 11.8 Å². The van der Waals surface area contributed by atoms with E-state index in [1.807, 2.05) is 35.0 Å². The number of rotatable bonds is 4. The summed E-state index contributed by atoms with van der Waals surface area (Å²) in [5.41, 5.74) is 1.88. The Kier molecular flexibility index (Phi) is 5.00. The van der Waals surface area contributed by atoms with E-state index < -0.39 is 5.79 Å². The Labute approximate surface area is 194 Å². The van der Waals surface area contributed by atoms with Crippen LogP contribution in [-0.2, 0) is 22.6 Å². The molecule has 2 aromatic carbocycles. The van der Waals surface area contributed by atoms with Gasteiger partial charge in [-0.3, -0.25) is 9.48 Å². The van der Waals surface area contributed by atoms with E-state index >= 15 is 0 Å². The molecule has 8 nitrogen and oxygen atoms in total. The van der Waals surface area contributed by atoms with E-state index in [0.29, 0.717) is 48.0 Å². The first kappa shape index (κ1) is 20.8. The van der Waals surface area contributed by atoms with Crippen molar-refractivity contribution < 1.29 is 18.6 Å². The predicted octanol–water partition coefficient (Wildman–Crippen LogP) is 3.85. The average Bonchev–Trinajstić information content (AvgIpc) is 3.34. The normalized spacial score (nSPS) is 16.5. The summed E-state index contributed by atoms with van der Waals surface area (Å²) in [6.07, 6.45) is 2.40. The molecule has 6 rings (SSSR count). The van der Waals surface area contributed by atoms with Crippen molar-refractivity contribution in [3.05, 3.63) is 83.0 Å². The highest BCUT2D eigenvalue weighted by molar-refractivity contribution is 5.79. The summed E-state index contributed by atoms with van der Waals surface area (Å²) in [6, 6.07) is 17.0. The van der Waals surface area contributed by atoms with Crippen molar-refractivity contribution in [3.8, 4) is 34.3 Å². The highest BCUT2D eigenvalue weighted by atomic mass is 19.1. The predicted molar refractivity (Wildman–Crippen MR) is 121 cm³/mol. The van der Waals surface area contributed by atoms with E-state index in [1.54, 1.807) is 29.1 Å². The van der Waals surface area contributed by atoms with E-state index in [2.05, 4.69) is 9.97 Å². The zero-order valence-electron chi connectivity index (χ0n) is 18.2. The van der Waals surface area contributed by atoms with E-state index in [4.69, 9.17) is 14.2 Å². The Morgan fingerprint density at radius 3 is 2.44 bits per heavy atom. The molecule has 2 aliphatic rings. The van der Waals surface area contributed by atoms with Crippen LogP contribution >= 0.6 is 0 Å². The first-order chi connectivity index (χ1) is 16.6. The van der Waals surface area contributed by atoms with E-state index in [0.717, 1.165) is 6.42 Å². The quantitative estimate of drug-likeness (QED) is 0.460. The minimum Gasteiger partial charge on any atom is -0.424 e. The van der Waals surface area contributed by atoms with Crippen molar-refractivity contribution in [2.75, 3.05) is 13.2 Å². The second-order valence-electron chi connectivity index (χ2n) is 8.25. The highest BCUT2D eigenvalue weighted by Gasteiger charge is 2.44. The Hall–Kier alpha value is -3.82. The van der Waals surface area contributed by atoms with Gasteiger partial charge in [0.2, 0.25) is 5.79 Å². The van der Waals surface area contributed by atoms with Gasteiger partial charge in [-0.15, -0.1) is 0 Å². The number of nitrogens with zero attached hydrogens (tertiary/aromatic N) is 4. The molecular formula is C25H21FN4O4. The molecule has 0 amide bonds. The van der Waals surface area contributed by atoms with E-state index in [1.165, 1.54) is 12.1 Å². The molecule has 0 atom stereocenters. The molecule has 1 spiro atoms. The van der Waals surface area contributed by atoms with Gasteiger partial charge in [0.05, 0.1) is 43.3 Å². The van der Waals surface area contributed by atoms with Gasteiger partial charge in [-0.2, -0.15) is 4.98 Å². The lowest BCUT2D eigenvalue weighted by atomic mass is 10.0. The second kappa shape index (κ2) is 8.19. The number of ether oxygens (including phenoxy) is 3. The number of hydrogen-bond donors (Lipinski definition) is 0.